The predicted molar refractivity (Wildman–Crippen MR) is 74.2 cm³/mol. The van der Waals surface area contributed by atoms with Crippen LogP contribution in [0.15, 0.2) is 30.3 Å². The number of halogens is 1. The van der Waals surface area contributed by atoms with Gasteiger partial charge in [0.1, 0.15) is 6.04 Å². The zero-order chi connectivity index (χ0) is 14.4. The van der Waals surface area contributed by atoms with Gasteiger partial charge in [0, 0.05) is 13.5 Å². The lowest BCUT2D eigenvalue weighted by molar-refractivity contribution is -0.152. The van der Waals surface area contributed by atoms with Crippen LogP contribution in [0.2, 0.25) is 0 Å². The van der Waals surface area contributed by atoms with Crippen molar-refractivity contribution in [1.82, 2.24) is 4.90 Å². The molecular formula is C14H18ClNO3. The maximum atomic E-state index is 12.0. The van der Waals surface area contributed by atoms with Crippen LogP contribution in [0.5, 0.6) is 0 Å². The molecule has 0 heterocycles. The Morgan fingerprint density at radius 2 is 1.84 bits per heavy atom. The van der Waals surface area contributed by atoms with E-state index in [0.29, 0.717) is 6.42 Å². The first-order valence-electron chi connectivity index (χ1n) is 6.08. The molecule has 0 bridgehead atoms. The number of hydrogen-bond acceptors (Lipinski definition) is 3. The topological polar surface area (TPSA) is 46.6 Å². The molecule has 0 saturated heterocycles. The van der Waals surface area contributed by atoms with Gasteiger partial charge in [-0.15, -0.1) is 0 Å². The third-order valence-electron chi connectivity index (χ3n) is 2.64. The average molecular weight is 284 g/mol. The molecule has 1 rings (SSSR count). The fraction of sp³-hybridized carbons (Fsp3) is 0.429. The number of esters is 1. The van der Waals surface area contributed by atoms with Crippen molar-refractivity contribution in [3.05, 3.63) is 35.9 Å². The summed E-state index contributed by atoms with van der Waals surface area (Å²) in [7, 11) is 1.49. The molecule has 0 aliphatic rings. The summed E-state index contributed by atoms with van der Waals surface area (Å²) in [6.07, 6.45) is 0.144. The molecule has 0 aliphatic carbocycles. The molecule has 19 heavy (non-hydrogen) atoms. The Balaban J connectivity index is 2.86. The van der Waals surface area contributed by atoms with Gasteiger partial charge in [-0.2, -0.15) is 0 Å². The zero-order valence-corrected chi connectivity index (χ0v) is 12.1. The zero-order valence-electron chi connectivity index (χ0n) is 11.3. The van der Waals surface area contributed by atoms with Crippen LogP contribution in [-0.2, 0) is 16.0 Å². The van der Waals surface area contributed by atoms with Gasteiger partial charge in [0.2, 0.25) is 0 Å². The van der Waals surface area contributed by atoms with Gasteiger partial charge in [-0.05, 0) is 31.0 Å². The molecule has 1 aromatic rings. The molecule has 0 fully saturated rings. The van der Waals surface area contributed by atoms with Gasteiger partial charge in [-0.3, -0.25) is 4.79 Å². The number of carbonyl (C=O) groups excluding carboxylic acids is 2. The van der Waals surface area contributed by atoms with E-state index >= 15 is 0 Å². The minimum atomic E-state index is -0.713. The van der Waals surface area contributed by atoms with Gasteiger partial charge in [-0.1, -0.05) is 30.3 Å². The van der Waals surface area contributed by atoms with E-state index < -0.39 is 17.4 Å². The molecule has 5 heteroatoms. The van der Waals surface area contributed by atoms with E-state index in [4.69, 9.17) is 16.3 Å². The van der Waals surface area contributed by atoms with Crippen molar-refractivity contribution in [3.63, 3.8) is 0 Å². The summed E-state index contributed by atoms with van der Waals surface area (Å²) >= 11 is 5.45. The van der Waals surface area contributed by atoms with Gasteiger partial charge < -0.3 is 9.64 Å². The molecule has 1 amide bonds. The van der Waals surface area contributed by atoms with Crippen molar-refractivity contribution in [2.45, 2.75) is 32.4 Å². The highest BCUT2D eigenvalue weighted by molar-refractivity contribution is 6.62. The van der Waals surface area contributed by atoms with E-state index in [1.54, 1.807) is 13.8 Å². The minimum Gasteiger partial charge on any atom is -0.461 e. The fourth-order valence-electron chi connectivity index (χ4n) is 1.65. The predicted octanol–water partition coefficient (Wildman–Crippen LogP) is 2.84. The van der Waals surface area contributed by atoms with Gasteiger partial charge in [0.05, 0.1) is 6.10 Å². The van der Waals surface area contributed by atoms with Crippen LogP contribution in [0.4, 0.5) is 4.79 Å². The third-order valence-corrected chi connectivity index (χ3v) is 2.91. The van der Waals surface area contributed by atoms with E-state index in [1.165, 1.54) is 11.9 Å². The summed E-state index contributed by atoms with van der Waals surface area (Å²) in [5, 5.41) is -0.679. The summed E-state index contributed by atoms with van der Waals surface area (Å²) in [5.74, 6) is -0.449. The third kappa shape index (κ3) is 4.91. The monoisotopic (exact) mass is 283 g/mol. The number of benzene rings is 1. The van der Waals surface area contributed by atoms with Crippen molar-refractivity contribution in [2.24, 2.45) is 0 Å². The number of carbonyl (C=O) groups is 2. The molecule has 0 saturated carbocycles. The molecule has 1 atom stereocenters. The van der Waals surface area contributed by atoms with Crippen molar-refractivity contribution in [3.8, 4) is 0 Å². The molecule has 0 spiro atoms. The van der Waals surface area contributed by atoms with Crippen molar-refractivity contribution < 1.29 is 14.3 Å². The summed E-state index contributed by atoms with van der Waals surface area (Å²) in [4.78, 5) is 24.5. The smallest absolute Gasteiger partial charge is 0.329 e. The van der Waals surface area contributed by atoms with Crippen LogP contribution in [0.3, 0.4) is 0 Å². The van der Waals surface area contributed by atoms with E-state index in [1.807, 2.05) is 30.3 Å². The Morgan fingerprint density at radius 1 is 1.26 bits per heavy atom. The minimum absolute atomic E-state index is 0.232. The first kappa shape index (κ1) is 15.5. The van der Waals surface area contributed by atoms with Gasteiger partial charge in [0.25, 0.3) is 0 Å². The van der Waals surface area contributed by atoms with Crippen LogP contribution >= 0.6 is 11.6 Å². The molecule has 0 aromatic heterocycles. The second kappa shape index (κ2) is 7.14. The summed E-state index contributed by atoms with van der Waals surface area (Å²) in [5.41, 5.74) is 0.943. The summed E-state index contributed by atoms with van der Waals surface area (Å²) in [6.45, 7) is 3.53. The Bertz CT molecular complexity index is 434. The lowest BCUT2D eigenvalue weighted by Gasteiger charge is -2.25. The largest absolute Gasteiger partial charge is 0.461 e. The lowest BCUT2D eigenvalue weighted by Crippen LogP contribution is -2.43. The van der Waals surface area contributed by atoms with Gasteiger partial charge >= 0.3 is 11.3 Å². The van der Waals surface area contributed by atoms with Crippen molar-refractivity contribution in [2.75, 3.05) is 7.05 Å². The summed E-state index contributed by atoms with van der Waals surface area (Å²) < 4.78 is 5.16. The molecule has 0 unspecified atom stereocenters. The van der Waals surface area contributed by atoms with E-state index in [-0.39, 0.29) is 6.10 Å². The second-order valence-corrected chi connectivity index (χ2v) is 4.88. The molecule has 4 nitrogen and oxygen atoms in total. The number of amides is 1. The van der Waals surface area contributed by atoms with E-state index in [0.717, 1.165) is 5.56 Å². The quantitative estimate of drug-likeness (QED) is 0.474. The van der Waals surface area contributed by atoms with Crippen molar-refractivity contribution in [1.29, 1.82) is 0 Å². The van der Waals surface area contributed by atoms with Crippen molar-refractivity contribution >= 4 is 22.9 Å². The van der Waals surface area contributed by atoms with Gasteiger partial charge in [-0.25, -0.2) is 4.79 Å². The lowest BCUT2D eigenvalue weighted by atomic mass is 10.1. The first-order chi connectivity index (χ1) is 8.91. The number of hydrogen-bond donors (Lipinski definition) is 0. The van der Waals surface area contributed by atoms with Crippen LogP contribution in [0, 0.1) is 0 Å². The maximum absolute atomic E-state index is 12.0. The van der Waals surface area contributed by atoms with Crippen LogP contribution in [-0.4, -0.2) is 35.4 Å². The van der Waals surface area contributed by atoms with Crippen LogP contribution < -0.4 is 0 Å². The Kier molecular flexibility index (Phi) is 5.83. The molecule has 1 aromatic carbocycles. The SMILES string of the molecule is CC(C)OC(=O)[C@H](Cc1ccccc1)N(C)C(=O)Cl. The Hall–Kier alpha value is -1.55. The Morgan fingerprint density at radius 3 is 2.32 bits per heavy atom. The normalized spacial score (nSPS) is 12.1. The van der Waals surface area contributed by atoms with E-state index in [2.05, 4.69) is 0 Å². The maximum Gasteiger partial charge on any atom is 0.329 e. The molecule has 0 radical (unpaired) electrons. The second-order valence-electron chi connectivity index (χ2n) is 4.56. The van der Waals surface area contributed by atoms with Crippen LogP contribution in [0.1, 0.15) is 19.4 Å². The number of rotatable bonds is 5. The highest BCUT2D eigenvalue weighted by atomic mass is 35.5. The number of likely N-dealkylation sites (N-methyl/N-ethyl adjacent to an activating group) is 1. The average Bonchev–Trinajstić information content (AvgIpc) is 2.35. The fourth-order valence-corrected chi connectivity index (χ4v) is 1.77. The number of ether oxygens (including phenoxy) is 1. The molecular weight excluding hydrogens is 266 g/mol. The van der Waals surface area contributed by atoms with Gasteiger partial charge in [0.15, 0.2) is 0 Å². The number of nitrogens with zero attached hydrogens (tertiary/aromatic N) is 1. The first-order valence-corrected chi connectivity index (χ1v) is 6.46. The highest BCUT2D eigenvalue weighted by Crippen LogP contribution is 2.12. The molecule has 0 N–H and O–H groups in total. The standard InChI is InChI=1S/C14H18ClNO3/c1-10(2)19-13(17)12(16(3)14(15)18)9-11-7-5-4-6-8-11/h4-8,10,12H,9H2,1-3H3/t12-/m0/s1. The summed E-state index contributed by atoms with van der Waals surface area (Å²) in [6, 6.07) is 8.71. The Labute approximate surface area is 118 Å². The van der Waals surface area contributed by atoms with E-state index in [9.17, 15) is 9.59 Å². The molecule has 104 valence electrons. The highest BCUT2D eigenvalue weighted by Gasteiger charge is 2.28. The van der Waals surface area contributed by atoms with Crippen LogP contribution in [0.25, 0.3) is 0 Å². The molecule has 0 aliphatic heterocycles.